The molecule has 0 heterocycles. The maximum atomic E-state index is 11.8. The molecule has 0 aromatic rings. The Bertz CT molecular complexity index is 397. The molecule has 2 atom stereocenters. The summed E-state index contributed by atoms with van der Waals surface area (Å²) in [6, 6.07) is 0.889. The smallest absolute Gasteiger partial charge is 0.408 e. The number of hydrogen-bond donors (Lipinski definition) is 3. The first-order valence-electron chi connectivity index (χ1n) is 6.46. The molecule has 0 spiro atoms. The maximum absolute atomic E-state index is 11.8. The van der Waals surface area contributed by atoms with Crippen LogP contribution in [0.2, 0.25) is 0 Å². The largest absolute Gasteiger partial charge is 0.479 e. The molecule has 0 radical (unpaired) electrons. The molecule has 7 nitrogen and oxygen atoms in total. The van der Waals surface area contributed by atoms with Crippen molar-refractivity contribution in [3.8, 4) is 6.07 Å². The summed E-state index contributed by atoms with van der Waals surface area (Å²) in [6.45, 7) is 6.81. The molecular weight excluding hydrogens is 262 g/mol. The van der Waals surface area contributed by atoms with E-state index in [-0.39, 0.29) is 0 Å². The van der Waals surface area contributed by atoms with Crippen molar-refractivity contribution in [1.29, 1.82) is 5.26 Å². The molecule has 7 heteroatoms. The van der Waals surface area contributed by atoms with Gasteiger partial charge in [0.25, 0.3) is 0 Å². The minimum atomic E-state index is -1.84. The zero-order chi connectivity index (χ0) is 16.0. The molecule has 20 heavy (non-hydrogen) atoms. The van der Waals surface area contributed by atoms with Gasteiger partial charge in [-0.15, -0.1) is 0 Å². The molecule has 114 valence electrons. The number of rotatable bonds is 6. The fourth-order valence-electron chi connectivity index (χ4n) is 1.72. The van der Waals surface area contributed by atoms with Crippen LogP contribution in [0.4, 0.5) is 4.79 Å². The Morgan fingerprint density at radius 3 is 2.35 bits per heavy atom. The number of nitrogens with one attached hydrogen (secondary N) is 1. The summed E-state index contributed by atoms with van der Waals surface area (Å²) in [7, 11) is 0. The fourth-order valence-corrected chi connectivity index (χ4v) is 1.72. The molecule has 0 aliphatic rings. The number of amides is 1. The number of carbonyl (C=O) groups excluding carboxylic acids is 1. The van der Waals surface area contributed by atoms with Crippen molar-refractivity contribution in [2.24, 2.45) is 5.73 Å². The molecule has 0 aromatic carbocycles. The predicted molar refractivity (Wildman–Crippen MR) is 72.8 cm³/mol. The number of aliphatic carboxylic acids is 1. The summed E-state index contributed by atoms with van der Waals surface area (Å²) in [5, 5.41) is 20.5. The third kappa shape index (κ3) is 5.05. The molecule has 0 aromatic heterocycles. The average Bonchev–Trinajstić information content (AvgIpc) is 2.25. The second-order valence-electron chi connectivity index (χ2n) is 5.63. The quantitative estimate of drug-likeness (QED) is 0.676. The van der Waals surface area contributed by atoms with E-state index in [0.717, 1.165) is 0 Å². The van der Waals surface area contributed by atoms with Crippen molar-refractivity contribution in [3.05, 3.63) is 0 Å². The molecule has 2 unspecified atom stereocenters. The van der Waals surface area contributed by atoms with Gasteiger partial charge in [0.15, 0.2) is 5.54 Å². The highest BCUT2D eigenvalue weighted by Gasteiger charge is 2.46. The lowest BCUT2D eigenvalue weighted by Gasteiger charge is -2.34. The second kappa shape index (κ2) is 7.10. The topological polar surface area (TPSA) is 125 Å². The highest BCUT2D eigenvalue weighted by atomic mass is 16.6. The summed E-state index contributed by atoms with van der Waals surface area (Å²) in [6.07, 6.45) is -0.328. The van der Waals surface area contributed by atoms with Crippen LogP contribution in [0.1, 0.15) is 47.0 Å². The van der Waals surface area contributed by atoms with Crippen LogP contribution in [0.5, 0.6) is 0 Å². The first kappa shape index (κ1) is 18.2. The predicted octanol–water partition coefficient (Wildman–Crippen LogP) is 1.38. The molecule has 0 aliphatic carbocycles. The third-order valence-electron chi connectivity index (χ3n) is 2.70. The van der Waals surface area contributed by atoms with Gasteiger partial charge >= 0.3 is 12.1 Å². The number of carboxylic acid groups (broad SMARTS) is 1. The zero-order valence-electron chi connectivity index (χ0n) is 12.4. The normalized spacial score (nSPS) is 15.6. The number of nitrogens with zero attached hydrogens (tertiary/aromatic N) is 1. The van der Waals surface area contributed by atoms with Crippen LogP contribution in [0.15, 0.2) is 0 Å². The van der Waals surface area contributed by atoms with Crippen molar-refractivity contribution in [1.82, 2.24) is 5.32 Å². The SMILES string of the molecule is CCCC(N)C(CC#N)(NC(=O)OC(C)(C)C)C(=O)O. The van der Waals surface area contributed by atoms with Crippen LogP contribution in [0.25, 0.3) is 0 Å². The number of nitriles is 1. The van der Waals surface area contributed by atoms with Gasteiger partial charge in [0.2, 0.25) is 0 Å². The van der Waals surface area contributed by atoms with Gasteiger partial charge < -0.3 is 20.9 Å². The lowest BCUT2D eigenvalue weighted by Crippen LogP contribution is -2.65. The van der Waals surface area contributed by atoms with Gasteiger partial charge in [-0.2, -0.15) is 5.26 Å². The lowest BCUT2D eigenvalue weighted by molar-refractivity contribution is -0.145. The molecule has 0 saturated carbocycles. The molecule has 1 amide bonds. The van der Waals surface area contributed by atoms with E-state index < -0.39 is 35.7 Å². The van der Waals surface area contributed by atoms with E-state index in [1.54, 1.807) is 26.8 Å². The Morgan fingerprint density at radius 1 is 1.45 bits per heavy atom. The van der Waals surface area contributed by atoms with Gasteiger partial charge in [-0.1, -0.05) is 13.3 Å². The van der Waals surface area contributed by atoms with E-state index >= 15 is 0 Å². The fraction of sp³-hybridized carbons (Fsp3) is 0.769. The minimum Gasteiger partial charge on any atom is -0.479 e. The van der Waals surface area contributed by atoms with E-state index in [0.29, 0.717) is 12.8 Å². The summed E-state index contributed by atoms with van der Waals surface area (Å²) < 4.78 is 5.04. The lowest BCUT2D eigenvalue weighted by atomic mass is 9.85. The van der Waals surface area contributed by atoms with Crippen molar-refractivity contribution in [2.75, 3.05) is 0 Å². The van der Waals surface area contributed by atoms with Gasteiger partial charge in [-0.25, -0.2) is 9.59 Å². The zero-order valence-corrected chi connectivity index (χ0v) is 12.4. The summed E-state index contributed by atoms with van der Waals surface area (Å²) in [4.78, 5) is 23.3. The van der Waals surface area contributed by atoms with Gasteiger partial charge in [0, 0.05) is 6.04 Å². The van der Waals surface area contributed by atoms with Crippen LogP contribution in [0, 0.1) is 11.3 Å². The van der Waals surface area contributed by atoms with E-state index in [4.69, 9.17) is 15.7 Å². The number of carboxylic acids is 1. The van der Waals surface area contributed by atoms with Gasteiger partial charge in [0.05, 0.1) is 12.5 Å². The van der Waals surface area contributed by atoms with E-state index in [9.17, 15) is 14.7 Å². The monoisotopic (exact) mass is 285 g/mol. The Hall–Kier alpha value is -1.81. The number of nitrogens with two attached hydrogens (primary N) is 1. The van der Waals surface area contributed by atoms with E-state index in [1.165, 1.54) is 0 Å². The van der Waals surface area contributed by atoms with E-state index in [2.05, 4.69) is 5.32 Å². The van der Waals surface area contributed by atoms with Crippen LogP contribution in [-0.2, 0) is 9.53 Å². The number of hydrogen-bond acceptors (Lipinski definition) is 5. The third-order valence-corrected chi connectivity index (χ3v) is 2.70. The molecule has 0 bridgehead atoms. The van der Waals surface area contributed by atoms with Crippen molar-refractivity contribution in [3.63, 3.8) is 0 Å². The van der Waals surface area contributed by atoms with Gasteiger partial charge in [-0.3, -0.25) is 0 Å². The van der Waals surface area contributed by atoms with E-state index in [1.807, 2.05) is 6.92 Å². The van der Waals surface area contributed by atoms with Crippen molar-refractivity contribution in [2.45, 2.75) is 64.1 Å². The number of alkyl carbamates (subject to hydrolysis) is 1. The maximum Gasteiger partial charge on any atom is 0.408 e. The van der Waals surface area contributed by atoms with Gasteiger partial charge in [-0.05, 0) is 27.2 Å². The van der Waals surface area contributed by atoms with Crippen LogP contribution in [0.3, 0.4) is 0 Å². The Kier molecular flexibility index (Phi) is 6.46. The van der Waals surface area contributed by atoms with Crippen molar-refractivity contribution < 1.29 is 19.4 Å². The molecule has 4 N–H and O–H groups in total. The average molecular weight is 285 g/mol. The first-order valence-corrected chi connectivity index (χ1v) is 6.46. The standard InChI is InChI=1S/C13H23N3O4/c1-5-6-9(15)13(7-8-14,10(17)18)16-11(19)20-12(2,3)4/h9H,5-7,15H2,1-4H3,(H,16,19)(H,17,18). The van der Waals surface area contributed by atoms with Crippen molar-refractivity contribution >= 4 is 12.1 Å². The Morgan fingerprint density at radius 2 is 2.00 bits per heavy atom. The Labute approximate surface area is 119 Å². The number of carbonyl (C=O) groups is 2. The Balaban J connectivity index is 5.26. The summed E-state index contributed by atoms with van der Waals surface area (Å²) in [5.74, 6) is -1.34. The molecule has 0 aliphatic heterocycles. The highest BCUT2D eigenvalue weighted by Crippen LogP contribution is 2.20. The minimum absolute atomic E-state index is 0.365. The molecule has 0 fully saturated rings. The van der Waals surface area contributed by atoms with Crippen LogP contribution in [-0.4, -0.2) is 34.4 Å². The molecule has 0 rings (SSSR count). The first-order chi connectivity index (χ1) is 9.09. The summed E-state index contributed by atoms with van der Waals surface area (Å²) >= 11 is 0. The summed E-state index contributed by atoms with van der Waals surface area (Å²) in [5.41, 5.74) is 3.25. The van der Waals surface area contributed by atoms with Gasteiger partial charge in [0.1, 0.15) is 5.60 Å². The highest BCUT2D eigenvalue weighted by molar-refractivity contribution is 5.85. The number of ether oxygens (including phenoxy) is 1. The second-order valence-corrected chi connectivity index (χ2v) is 5.63. The molecule has 0 saturated heterocycles. The van der Waals surface area contributed by atoms with Crippen LogP contribution < -0.4 is 11.1 Å². The van der Waals surface area contributed by atoms with Crippen LogP contribution >= 0.6 is 0 Å². The molecular formula is C13H23N3O4.